The van der Waals surface area contributed by atoms with Gasteiger partial charge in [-0.1, -0.05) is 0 Å². The van der Waals surface area contributed by atoms with Crippen molar-refractivity contribution in [2.45, 2.75) is 6.43 Å². The Bertz CT molecular complexity index is 319. The van der Waals surface area contributed by atoms with Crippen LogP contribution in [-0.2, 0) is 0 Å². The number of rotatable bonds is 2. The van der Waals surface area contributed by atoms with E-state index in [1.165, 1.54) is 7.11 Å². The average molecular weight is 256 g/mol. The lowest BCUT2D eigenvalue weighted by molar-refractivity contribution is 0.143. The molecule has 0 aliphatic rings. The summed E-state index contributed by atoms with van der Waals surface area (Å²) >= 11 is 2.83. The van der Waals surface area contributed by atoms with E-state index in [9.17, 15) is 13.2 Å². The number of pyridine rings is 1. The van der Waals surface area contributed by atoms with Crippen LogP contribution in [0.5, 0.6) is 5.75 Å². The quantitative estimate of drug-likeness (QED) is 0.759. The van der Waals surface area contributed by atoms with E-state index in [4.69, 9.17) is 0 Å². The van der Waals surface area contributed by atoms with E-state index in [0.29, 0.717) is 0 Å². The molecular weight excluding hydrogens is 251 g/mol. The molecule has 0 fully saturated rings. The van der Waals surface area contributed by atoms with E-state index in [0.717, 1.165) is 6.07 Å². The van der Waals surface area contributed by atoms with Gasteiger partial charge in [0.25, 0.3) is 12.4 Å². The number of hydrogen-bond acceptors (Lipinski definition) is 2. The fraction of sp³-hybridized carbons (Fsp3) is 0.286. The highest BCUT2D eigenvalue weighted by Gasteiger charge is 2.17. The molecule has 13 heavy (non-hydrogen) atoms. The van der Waals surface area contributed by atoms with Crippen LogP contribution in [0.4, 0.5) is 13.2 Å². The van der Waals surface area contributed by atoms with E-state index in [1.54, 1.807) is 0 Å². The van der Waals surface area contributed by atoms with Gasteiger partial charge in [0.1, 0.15) is 5.69 Å². The van der Waals surface area contributed by atoms with Gasteiger partial charge in [0.05, 0.1) is 7.11 Å². The van der Waals surface area contributed by atoms with E-state index in [1.807, 2.05) is 0 Å². The SMILES string of the molecule is COc1cc(Br)c(C(F)F)nc1F. The first-order valence-electron chi connectivity index (χ1n) is 3.24. The lowest BCUT2D eigenvalue weighted by Crippen LogP contribution is -1.98. The maximum atomic E-state index is 12.8. The Kier molecular flexibility index (Phi) is 3.13. The van der Waals surface area contributed by atoms with Gasteiger partial charge in [-0.25, -0.2) is 13.8 Å². The molecule has 0 bridgehead atoms. The molecule has 0 aliphatic carbocycles. The third-order valence-corrected chi connectivity index (χ3v) is 1.99. The Morgan fingerprint density at radius 3 is 2.62 bits per heavy atom. The number of methoxy groups -OCH3 is 1. The summed E-state index contributed by atoms with van der Waals surface area (Å²) in [7, 11) is 1.23. The molecule has 72 valence electrons. The number of alkyl halides is 2. The van der Waals surface area contributed by atoms with Gasteiger partial charge in [-0.3, -0.25) is 0 Å². The first-order valence-corrected chi connectivity index (χ1v) is 4.03. The maximum absolute atomic E-state index is 12.8. The van der Waals surface area contributed by atoms with Crippen molar-refractivity contribution in [3.63, 3.8) is 0 Å². The predicted octanol–water partition coefficient (Wildman–Crippen LogP) is 2.93. The summed E-state index contributed by atoms with van der Waals surface area (Å²) in [6, 6.07) is 1.11. The highest BCUT2D eigenvalue weighted by molar-refractivity contribution is 9.10. The largest absolute Gasteiger partial charge is 0.492 e. The Morgan fingerprint density at radius 1 is 1.54 bits per heavy atom. The van der Waals surface area contributed by atoms with Gasteiger partial charge in [0.15, 0.2) is 5.75 Å². The fourth-order valence-electron chi connectivity index (χ4n) is 0.759. The van der Waals surface area contributed by atoms with Crippen molar-refractivity contribution in [1.82, 2.24) is 4.98 Å². The summed E-state index contributed by atoms with van der Waals surface area (Å²) in [5, 5.41) is 0. The first kappa shape index (κ1) is 10.3. The molecule has 0 unspecified atom stereocenters. The molecule has 0 aromatic carbocycles. The zero-order valence-corrected chi connectivity index (χ0v) is 8.11. The molecule has 0 N–H and O–H groups in total. The topological polar surface area (TPSA) is 22.1 Å². The van der Waals surface area contributed by atoms with Crippen molar-refractivity contribution in [3.8, 4) is 5.75 Å². The van der Waals surface area contributed by atoms with Crippen LogP contribution in [0.25, 0.3) is 0 Å². The second-order valence-corrected chi connectivity index (χ2v) is 3.00. The van der Waals surface area contributed by atoms with Crippen LogP contribution in [0.3, 0.4) is 0 Å². The highest BCUT2D eigenvalue weighted by Crippen LogP contribution is 2.29. The van der Waals surface area contributed by atoms with Gasteiger partial charge >= 0.3 is 0 Å². The van der Waals surface area contributed by atoms with E-state index in [-0.39, 0.29) is 10.2 Å². The van der Waals surface area contributed by atoms with Crippen molar-refractivity contribution < 1.29 is 17.9 Å². The minimum absolute atomic E-state index is 0.0285. The van der Waals surface area contributed by atoms with Crippen LogP contribution in [0.15, 0.2) is 10.5 Å². The lowest BCUT2D eigenvalue weighted by atomic mass is 10.3. The number of hydrogen-bond donors (Lipinski definition) is 0. The maximum Gasteiger partial charge on any atom is 0.281 e. The smallest absolute Gasteiger partial charge is 0.281 e. The zero-order valence-electron chi connectivity index (χ0n) is 6.52. The van der Waals surface area contributed by atoms with Crippen molar-refractivity contribution in [2.24, 2.45) is 0 Å². The Hall–Kier alpha value is -0.780. The van der Waals surface area contributed by atoms with E-state index in [2.05, 4.69) is 25.7 Å². The molecule has 0 radical (unpaired) electrons. The van der Waals surface area contributed by atoms with E-state index < -0.39 is 18.1 Å². The summed E-state index contributed by atoms with van der Waals surface area (Å²) in [5.74, 6) is -1.21. The van der Waals surface area contributed by atoms with Gasteiger partial charge < -0.3 is 4.74 Å². The second kappa shape index (κ2) is 3.95. The molecular formula is C7H5BrF3NO. The van der Waals surface area contributed by atoms with Gasteiger partial charge in [-0.2, -0.15) is 4.39 Å². The summed E-state index contributed by atoms with van der Waals surface area (Å²) < 4.78 is 41.7. The molecule has 1 aromatic rings. The molecule has 0 aliphatic heterocycles. The Morgan fingerprint density at radius 2 is 2.15 bits per heavy atom. The van der Waals surface area contributed by atoms with Gasteiger partial charge in [-0.05, 0) is 15.9 Å². The van der Waals surface area contributed by atoms with Gasteiger partial charge in [0, 0.05) is 10.5 Å². The van der Waals surface area contributed by atoms with Crippen LogP contribution in [0, 0.1) is 5.95 Å². The number of aromatic nitrogens is 1. The molecule has 2 nitrogen and oxygen atoms in total. The van der Waals surface area contributed by atoms with Crippen LogP contribution in [-0.4, -0.2) is 12.1 Å². The van der Waals surface area contributed by atoms with Crippen molar-refractivity contribution in [3.05, 3.63) is 22.2 Å². The van der Waals surface area contributed by atoms with Crippen LogP contribution < -0.4 is 4.74 Å². The molecule has 1 rings (SSSR count). The highest BCUT2D eigenvalue weighted by atomic mass is 79.9. The number of nitrogens with zero attached hydrogens (tertiary/aromatic N) is 1. The van der Waals surface area contributed by atoms with Crippen molar-refractivity contribution in [2.75, 3.05) is 7.11 Å². The third kappa shape index (κ3) is 2.12. The Balaban J connectivity index is 3.20. The summed E-state index contributed by atoms with van der Waals surface area (Å²) in [4.78, 5) is 3.05. The second-order valence-electron chi connectivity index (χ2n) is 2.15. The molecule has 0 saturated heterocycles. The summed E-state index contributed by atoms with van der Waals surface area (Å²) in [5.41, 5.74) is -0.627. The molecule has 1 aromatic heterocycles. The summed E-state index contributed by atoms with van der Waals surface area (Å²) in [6.07, 6.45) is -2.81. The van der Waals surface area contributed by atoms with E-state index >= 15 is 0 Å². The van der Waals surface area contributed by atoms with Crippen molar-refractivity contribution >= 4 is 15.9 Å². The van der Waals surface area contributed by atoms with Crippen LogP contribution >= 0.6 is 15.9 Å². The average Bonchev–Trinajstić information content (AvgIpc) is 2.07. The Labute approximate surface area is 80.9 Å². The normalized spacial score (nSPS) is 10.6. The molecule has 0 amide bonds. The molecule has 0 saturated carbocycles. The lowest BCUT2D eigenvalue weighted by Gasteiger charge is -2.05. The molecule has 1 heterocycles. The number of halogens is 4. The van der Waals surface area contributed by atoms with Crippen LogP contribution in [0.2, 0.25) is 0 Å². The minimum Gasteiger partial charge on any atom is -0.492 e. The van der Waals surface area contributed by atoms with Crippen molar-refractivity contribution in [1.29, 1.82) is 0 Å². The number of ether oxygens (including phenoxy) is 1. The fourth-order valence-corrected chi connectivity index (χ4v) is 1.23. The molecule has 6 heteroatoms. The van der Waals surface area contributed by atoms with Crippen LogP contribution in [0.1, 0.15) is 12.1 Å². The minimum atomic E-state index is -2.81. The monoisotopic (exact) mass is 255 g/mol. The standard InChI is InChI=1S/C7H5BrF3NO/c1-13-4-2-3(8)5(6(9)10)12-7(4)11/h2,6H,1H3. The predicted molar refractivity (Wildman–Crippen MR) is 43.4 cm³/mol. The van der Waals surface area contributed by atoms with Gasteiger partial charge in [-0.15, -0.1) is 0 Å². The third-order valence-electron chi connectivity index (χ3n) is 1.35. The van der Waals surface area contributed by atoms with Gasteiger partial charge in [0.2, 0.25) is 0 Å². The zero-order chi connectivity index (χ0) is 10.0. The summed E-state index contributed by atoms with van der Waals surface area (Å²) in [6.45, 7) is 0. The molecule has 0 spiro atoms. The first-order chi connectivity index (χ1) is 6.06. The molecule has 0 atom stereocenters.